The van der Waals surface area contributed by atoms with Gasteiger partial charge in [0.2, 0.25) is 0 Å². The number of fused-ring (bicyclic) bond motifs is 1. The first-order valence-electron chi connectivity index (χ1n) is 4.20. The number of Topliss-reactive ketones (excluding diaryl/α,β-unsaturated/α-hetero) is 1. The molecule has 0 atom stereocenters. The Balaban J connectivity index is 2.76. The Morgan fingerprint density at radius 1 is 1.21 bits per heavy atom. The van der Waals surface area contributed by atoms with E-state index in [9.17, 15) is 14.7 Å². The number of carbonyl (C=O) groups is 2. The van der Waals surface area contributed by atoms with Crippen molar-refractivity contribution in [3.05, 3.63) is 41.0 Å². The summed E-state index contributed by atoms with van der Waals surface area (Å²) < 4.78 is 0. The van der Waals surface area contributed by atoms with Crippen LogP contribution in [0.4, 0.5) is 0 Å². The minimum absolute atomic E-state index is 0.123. The van der Waals surface area contributed by atoms with Crippen LogP contribution < -0.4 is 0 Å². The highest BCUT2D eigenvalue weighted by molar-refractivity contribution is 6.25. The second-order valence-corrected chi connectivity index (χ2v) is 3.22. The summed E-state index contributed by atoms with van der Waals surface area (Å²) in [6.45, 7) is 1.57. The molecule has 14 heavy (non-hydrogen) atoms. The van der Waals surface area contributed by atoms with Gasteiger partial charge in [0.25, 0.3) is 0 Å². The van der Waals surface area contributed by atoms with E-state index in [1.807, 2.05) is 0 Å². The van der Waals surface area contributed by atoms with E-state index >= 15 is 0 Å². The minimum Gasteiger partial charge on any atom is -0.507 e. The van der Waals surface area contributed by atoms with E-state index in [2.05, 4.69) is 0 Å². The van der Waals surface area contributed by atoms with E-state index in [0.29, 0.717) is 5.57 Å². The highest BCUT2D eigenvalue weighted by atomic mass is 16.3. The predicted molar refractivity (Wildman–Crippen MR) is 50.5 cm³/mol. The summed E-state index contributed by atoms with van der Waals surface area (Å²) in [4.78, 5) is 23.1. The molecule has 1 aromatic carbocycles. The number of hydrogen-bond acceptors (Lipinski definition) is 3. The largest absolute Gasteiger partial charge is 0.507 e. The number of phenolic OH excluding ortho intramolecular Hbond substituents is 1. The summed E-state index contributed by atoms with van der Waals surface area (Å²) in [5.74, 6) is -0.640. The summed E-state index contributed by atoms with van der Waals surface area (Å²) in [6.07, 6.45) is 1.30. The van der Waals surface area contributed by atoms with Crippen LogP contribution in [0.15, 0.2) is 29.8 Å². The number of aromatic hydroxyl groups is 1. The van der Waals surface area contributed by atoms with Crippen molar-refractivity contribution in [2.45, 2.75) is 6.92 Å². The third-order valence-corrected chi connectivity index (χ3v) is 2.24. The van der Waals surface area contributed by atoms with Gasteiger partial charge in [-0.1, -0.05) is 12.1 Å². The summed E-state index contributed by atoms with van der Waals surface area (Å²) in [5.41, 5.74) is 0.766. The fourth-order valence-electron chi connectivity index (χ4n) is 1.52. The van der Waals surface area contributed by atoms with Gasteiger partial charge >= 0.3 is 0 Å². The van der Waals surface area contributed by atoms with Gasteiger partial charge in [-0.2, -0.15) is 0 Å². The lowest BCUT2D eigenvalue weighted by Crippen LogP contribution is -2.15. The Morgan fingerprint density at radius 3 is 2.64 bits per heavy atom. The van der Waals surface area contributed by atoms with Gasteiger partial charge in [-0.3, -0.25) is 9.59 Å². The molecule has 0 saturated carbocycles. The normalized spacial score (nSPS) is 15.1. The van der Waals surface area contributed by atoms with Crippen LogP contribution in [0.2, 0.25) is 0 Å². The molecule has 1 N–H and O–H groups in total. The first-order chi connectivity index (χ1) is 6.61. The third-order valence-electron chi connectivity index (χ3n) is 2.24. The number of rotatable bonds is 0. The van der Waals surface area contributed by atoms with Gasteiger partial charge in [0.15, 0.2) is 11.6 Å². The van der Waals surface area contributed by atoms with Gasteiger partial charge in [-0.25, -0.2) is 0 Å². The lowest BCUT2D eigenvalue weighted by Gasteiger charge is -2.13. The van der Waals surface area contributed by atoms with Crippen molar-refractivity contribution in [2.75, 3.05) is 0 Å². The number of carbonyl (C=O) groups excluding carboxylic acids is 2. The number of hydrogen-bond donors (Lipinski definition) is 1. The van der Waals surface area contributed by atoms with Crippen LogP contribution >= 0.6 is 0 Å². The van der Waals surface area contributed by atoms with E-state index in [0.717, 1.165) is 0 Å². The molecule has 0 saturated heterocycles. The SMILES string of the molecule is CC1=CC(=O)c2cccc(O)c2C1=O. The molecule has 1 aliphatic rings. The lowest BCUT2D eigenvalue weighted by atomic mass is 9.90. The maximum absolute atomic E-state index is 11.6. The Morgan fingerprint density at radius 2 is 1.93 bits per heavy atom. The second kappa shape index (κ2) is 2.80. The molecule has 70 valence electrons. The van der Waals surface area contributed by atoms with Crippen molar-refractivity contribution >= 4 is 11.6 Å². The molecule has 0 amide bonds. The summed E-state index contributed by atoms with van der Waals surface area (Å²) >= 11 is 0. The summed E-state index contributed by atoms with van der Waals surface area (Å²) in [6, 6.07) is 4.49. The molecule has 0 heterocycles. The fraction of sp³-hybridized carbons (Fsp3) is 0.0909. The number of ketones is 2. The Bertz CT molecular complexity index is 469. The number of benzene rings is 1. The number of allylic oxidation sites excluding steroid dienone is 2. The van der Waals surface area contributed by atoms with E-state index in [1.165, 1.54) is 18.2 Å². The van der Waals surface area contributed by atoms with Crippen LogP contribution in [-0.4, -0.2) is 16.7 Å². The number of phenols is 1. The smallest absolute Gasteiger partial charge is 0.193 e. The Kier molecular flexibility index (Phi) is 1.74. The highest BCUT2D eigenvalue weighted by Crippen LogP contribution is 2.28. The molecule has 1 aromatic rings. The summed E-state index contributed by atoms with van der Waals surface area (Å²) in [7, 11) is 0. The van der Waals surface area contributed by atoms with Gasteiger partial charge in [0.05, 0.1) is 5.56 Å². The third kappa shape index (κ3) is 1.06. The van der Waals surface area contributed by atoms with Crippen molar-refractivity contribution in [2.24, 2.45) is 0 Å². The monoisotopic (exact) mass is 188 g/mol. The van der Waals surface area contributed by atoms with Crippen molar-refractivity contribution in [3.63, 3.8) is 0 Å². The van der Waals surface area contributed by atoms with Crippen LogP contribution in [-0.2, 0) is 0 Å². The van der Waals surface area contributed by atoms with Crippen molar-refractivity contribution in [1.82, 2.24) is 0 Å². The summed E-state index contributed by atoms with van der Waals surface area (Å²) in [5, 5.41) is 9.46. The molecule has 0 aliphatic heterocycles. The fourth-order valence-corrected chi connectivity index (χ4v) is 1.52. The van der Waals surface area contributed by atoms with Crippen LogP contribution in [0.25, 0.3) is 0 Å². The van der Waals surface area contributed by atoms with Gasteiger partial charge < -0.3 is 5.11 Å². The minimum atomic E-state index is -0.280. The molecule has 0 aromatic heterocycles. The lowest BCUT2D eigenvalue weighted by molar-refractivity contribution is 0.0982. The predicted octanol–water partition coefficient (Wildman–Crippen LogP) is 1.72. The van der Waals surface area contributed by atoms with Gasteiger partial charge in [-0.05, 0) is 19.1 Å². The molecule has 2 rings (SSSR count). The molecular formula is C11H8O3. The zero-order valence-corrected chi connectivity index (χ0v) is 7.57. The van der Waals surface area contributed by atoms with Crippen LogP contribution in [0.3, 0.4) is 0 Å². The van der Waals surface area contributed by atoms with E-state index in [1.54, 1.807) is 13.0 Å². The molecule has 1 aliphatic carbocycles. The standard InChI is InChI=1S/C11H8O3/c1-6-5-9(13)7-3-2-4-8(12)10(7)11(6)14/h2-5,12H,1H3. The molecule has 0 bridgehead atoms. The van der Waals surface area contributed by atoms with Gasteiger partial charge in [0.1, 0.15) is 5.75 Å². The molecule has 3 heteroatoms. The Hall–Kier alpha value is -1.90. The first-order valence-corrected chi connectivity index (χ1v) is 4.20. The van der Waals surface area contributed by atoms with E-state index in [-0.39, 0.29) is 28.4 Å². The first kappa shape index (κ1) is 8.69. The molecule has 0 unspecified atom stereocenters. The van der Waals surface area contributed by atoms with Crippen molar-refractivity contribution < 1.29 is 14.7 Å². The maximum Gasteiger partial charge on any atom is 0.193 e. The molecule has 0 spiro atoms. The second-order valence-electron chi connectivity index (χ2n) is 3.22. The van der Waals surface area contributed by atoms with Crippen molar-refractivity contribution in [3.8, 4) is 5.75 Å². The highest BCUT2D eigenvalue weighted by Gasteiger charge is 2.25. The van der Waals surface area contributed by atoms with E-state index in [4.69, 9.17) is 0 Å². The Labute approximate surface area is 80.7 Å². The molecule has 0 radical (unpaired) electrons. The molecule has 0 fully saturated rings. The van der Waals surface area contributed by atoms with E-state index < -0.39 is 0 Å². The molecular weight excluding hydrogens is 180 g/mol. The molecule has 3 nitrogen and oxygen atoms in total. The average molecular weight is 188 g/mol. The van der Waals surface area contributed by atoms with Crippen molar-refractivity contribution in [1.29, 1.82) is 0 Å². The topological polar surface area (TPSA) is 54.4 Å². The van der Waals surface area contributed by atoms with Crippen LogP contribution in [0, 0.1) is 0 Å². The van der Waals surface area contributed by atoms with Gasteiger partial charge in [0, 0.05) is 11.1 Å². The van der Waals surface area contributed by atoms with Crippen LogP contribution in [0.1, 0.15) is 27.6 Å². The quantitative estimate of drug-likeness (QED) is 0.674. The van der Waals surface area contributed by atoms with Gasteiger partial charge in [-0.15, -0.1) is 0 Å². The zero-order valence-electron chi connectivity index (χ0n) is 7.57. The zero-order chi connectivity index (χ0) is 10.3. The maximum atomic E-state index is 11.6. The average Bonchev–Trinajstić information content (AvgIpc) is 2.14. The van der Waals surface area contributed by atoms with Crippen LogP contribution in [0.5, 0.6) is 5.75 Å².